The van der Waals surface area contributed by atoms with Crippen LogP contribution in [-0.2, 0) is 4.79 Å². The van der Waals surface area contributed by atoms with E-state index < -0.39 is 6.04 Å². The summed E-state index contributed by atoms with van der Waals surface area (Å²) in [6, 6.07) is 11.4. The van der Waals surface area contributed by atoms with Crippen LogP contribution in [0.4, 0.5) is 5.69 Å². The van der Waals surface area contributed by atoms with E-state index >= 15 is 0 Å². The van der Waals surface area contributed by atoms with Crippen molar-refractivity contribution in [2.45, 2.75) is 25.8 Å². The number of para-hydroxylation sites is 2. The minimum Gasteiger partial charge on any atom is -0.492 e. The molecule has 1 N–H and O–H groups in total. The van der Waals surface area contributed by atoms with E-state index in [1.807, 2.05) is 19.1 Å². The fourth-order valence-corrected chi connectivity index (χ4v) is 3.54. The maximum atomic E-state index is 12.9. The molecule has 1 heterocycles. The molecule has 1 fully saturated rings. The van der Waals surface area contributed by atoms with Crippen LogP contribution in [0.3, 0.4) is 0 Å². The van der Waals surface area contributed by atoms with Gasteiger partial charge in [0.15, 0.2) is 0 Å². The smallest absolute Gasteiger partial charge is 0.256 e. The molecule has 5 nitrogen and oxygen atoms in total. The molecule has 0 bridgehead atoms. The molecular formula is C20H20Cl2N2O3. The molecule has 1 saturated heterocycles. The Balaban J connectivity index is 1.79. The molecular weight excluding hydrogens is 387 g/mol. The maximum absolute atomic E-state index is 12.9. The molecule has 2 amide bonds. The Morgan fingerprint density at radius 3 is 2.78 bits per heavy atom. The third kappa shape index (κ3) is 4.37. The number of carbonyl (C=O) groups excluding carboxylic acids is 2. The first kappa shape index (κ1) is 19.5. The number of amides is 2. The molecule has 3 rings (SSSR count). The molecule has 0 aliphatic carbocycles. The molecule has 0 aromatic heterocycles. The first-order chi connectivity index (χ1) is 13.0. The molecule has 1 aliphatic rings. The standard InChI is InChI=1S/C20H20Cl2N2O3/c1-2-27-18-8-4-3-6-16(18)23-19(25)17-7-5-11-24(17)20(26)14-12-13(21)9-10-15(14)22/h3-4,6,8-10,12,17H,2,5,7,11H2,1H3,(H,23,25). The first-order valence-corrected chi connectivity index (χ1v) is 9.55. The van der Waals surface area contributed by atoms with Gasteiger partial charge in [0.25, 0.3) is 5.91 Å². The molecule has 1 unspecified atom stereocenters. The second-order valence-corrected chi connectivity index (χ2v) is 7.04. The van der Waals surface area contributed by atoms with Crippen LogP contribution < -0.4 is 10.1 Å². The third-order valence-electron chi connectivity index (χ3n) is 4.42. The van der Waals surface area contributed by atoms with E-state index in [-0.39, 0.29) is 11.8 Å². The summed E-state index contributed by atoms with van der Waals surface area (Å²) >= 11 is 12.2. The number of anilines is 1. The van der Waals surface area contributed by atoms with E-state index in [0.29, 0.717) is 46.6 Å². The van der Waals surface area contributed by atoms with Crippen molar-refractivity contribution in [3.05, 3.63) is 58.1 Å². The molecule has 1 atom stereocenters. The monoisotopic (exact) mass is 406 g/mol. The highest BCUT2D eigenvalue weighted by Gasteiger charge is 2.35. The molecule has 142 valence electrons. The highest BCUT2D eigenvalue weighted by molar-refractivity contribution is 6.35. The van der Waals surface area contributed by atoms with Gasteiger partial charge in [0, 0.05) is 11.6 Å². The highest BCUT2D eigenvalue weighted by Crippen LogP contribution is 2.28. The lowest BCUT2D eigenvalue weighted by atomic mass is 10.1. The minimum atomic E-state index is -0.567. The average Bonchev–Trinajstić information content (AvgIpc) is 3.15. The number of nitrogens with one attached hydrogen (secondary N) is 1. The molecule has 2 aromatic rings. The summed E-state index contributed by atoms with van der Waals surface area (Å²) in [5.74, 6) is 0.0616. The van der Waals surface area contributed by atoms with Gasteiger partial charge in [-0.05, 0) is 50.1 Å². The average molecular weight is 407 g/mol. The number of benzene rings is 2. The summed E-state index contributed by atoms with van der Waals surface area (Å²) in [5, 5.41) is 3.62. The number of carbonyl (C=O) groups is 2. The van der Waals surface area contributed by atoms with E-state index in [1.165, 1.54) is 6.07 Å². The maximum Gasteiger partial charge on any atom is 0.256 e. The topological polar surface area (TPSA) is 58.6 Å². The summed E-state index contributed by atoms with van der Waals surface area (Å²) in [5.41, 5.74) is 0.892. The van der Waals surface area contributed by atoms with Crippen LogP contribution in [0.2, 0.25) is 10.0 Å². The van der Waals surface area contributed by atoms with Gasteiger partial charge in [0.05, 0.1) is 22.9 Å². The normalized spacial score (nSPS) is 16.3. The summed E-state index contributed by atoms with van der Waals surface area (Å²) in [6.07, 6.45) is 1.33. The zero-order chi connectivity index (χ0) is 19.4. The lowest BCUT2D eigenvalue weighted by molar-refractivity contribution is -0.119. The number of hydrogen-bond acceptors (Lipinski definition) is 3. The molecule has 2 aromatic carbocycles. The van der Waals surface area contributed by atoms with Gasteiger partial charge in [-0.3, -0.25) is 9.59 Å². The largest absolute Gasteiger partial charge is 0.492 e. The summed E-state index contributed by atoms with van der Waals surface area (Å²) in [6.45, 7) is 2.87. The van der Waals surface area contributed by atoms with Gasteiger partial charge in [-0.1, -0.05) is 35.3 Å². The Bertz CT molecular complexity index is 857. The number of ether oxygens (including phenoxy) is 1. The molecule has 0 saturated carbocycles. The fraction of sp³-hybridized carbons (Fsp3) is 0.300. The fourth-order valence-electron chi connectivity index (χ4n) is 3.17. The van der Waals surface area contributed by atoms with Gasteiger partial charge in [0.1, 0.15) is 11.8 Å². The van der Waals surface area contributed by atoms with E-state index in [0.717, 1.165) is 6.42 Å². The van der Waals surface area contributed by atoms with E-state index in [2.05, 4.69) is 5.32 Å². The predicted molar refractivity (Wildman–Crippen MR) is 107 cm³/mol. The zero-order valence-corrected chi connectivity index (χ0v) is 16.4. The lowest BCUT2D eigenvalue weighted by Gasteiger charge is -2.25. The highest BCUT2D eigenvalue weighted by atomic mass is 35.5. The minimum absolute atomic E-state index is 0.244. The Morgan fingerprint density at radius 1 is 1.22 bits per heavy atom. The van der Waals surface area contributed by atoms with Crippen molar-refractivity contribution < 1.29 is 14.3 Å². The van der Waals surface area contributed by atoms with Gasteiger partial charge in [-0.2, -0.15) is 0 Å². The van der Waals surface area contributed by atoms with Crippen LogP contribution in [0.15, 0.2) is 42.5 Å². The van der Waals surface area contributed by atoms with Gasteiger partial charge in [0.2, 0.25) is 5.91 Å². The SMILES string of the molecule is CCOc1ccccc1NC(=O)C1CCCN1C(=O)c1cc(Cl)ccc1Cl. The van der Waals surface area contributed by atoms with Gasteiger partial charge >= 0.3 is 0 Å². The van der Waals surface area contributed by atoms with Gasteiger partial charge in [-0.25, -0.2) is 0 Å². The van der Waals surface area contributed by atoms with Crippen LogP contribution >= 0.6 is 23.2 Å². The van der Waals surface area contributed by atoms with Crippen molar-refractivity contribution in [3.63, 3.8) is 0 Å². The number of nitrogens with zero attached hydrogens (tertiary/aromatic N) is 1. The molecule has 0 radical (unpaired) electrons. The Kier molecular flexibility index (Phi) is 6.24. The van der Waals surface area contributed by atoms with Crippen LogP contribution in [0.5, 0.6) is 5.75 Å². The molecule has 7 heteroatoms. The van der Waals surface area contributed by atoms with E-state index in [4.69, 9.17) is 27.9 Å². The zero-order valence-electron chi connectivity index (χ0n) is 14.9. The Labute approximate surface area is 168 Å². The third-order valence-corrected chi connectivity index (χ3v) is 4.98. The van der Waals surface area contributed by atoms with Crippen LogP contribution in [-0.4, -0.2) is 35.9 Å². The number of rotatable bonds is 5. The molecule has 27 heavy (non-hydrogen) atoms. The molecule has 1 aliphatic heterocycles. The Morgan fingerprint density at radius 2 is 2.00 bits per heavy atom. The summed E-state index contributed by atoms with van der Waals surface area (Å²) in [4.78, 5) is 27.3. The summed E-state index contributed by atoms with van der Waals surface area (Å²) < 4.78 is 5.55. The first-order valence-electron chi connectivity index (χ1n) is 8.80. The van der Waals surface area contributed by atoms with Crippen molar-refractivity contribution >= 4 is 40.7 Å². The van der Waals surface area contributed by atoms with Crippen molar-refractivity contribution in [1.29, 1.82) is 0 Å². The second-order valence-electron chi connectivity index (χ2n) is 6.20. The van der Waals surface area contributed by atoms with Crippen molar-refractivity contribution in [2.24, 2.45) is 0 Å². The van der Waals surface area contributed by atoms with Crippen molar-refractivity contribution in [3.8, 4) is 5.75 Å². The second kappa shape index (κ2) is 8.63. The number of hydrogen-bond donors (Lipinski definition) is 1. The van der Waals surface area contributed by atoms with E-state index in [1.54, 1.807) is 29.2 Å². The molecule has 0 spiro atoms. The van der Waals surface area contributed by atoms with Gasteiger partial charge < -0.3 is 15.0 Å². The van der Waals surface area contributed by atoms with Crippen LogP contribution in [0.1, 0.15) is 30.1 Å². The van der Waals surface area contributed by atoms with Crippen LogP contribution in [0.25, 0.3) is 0 Å². The quantitative estimate of drug-likeness (QED) is 0.786. The number of likely N-dealkylation sites (tertiary alicyclic amines) is 1. The van der Waals surface area contributed by atoms with Crippen LogP contribution in [0, 0.1) is 0 Å². The van der Waals surface area contributed by atoms with E-state index in [9.17, 15) is 9.59 Å². The lowest BCUT2D eigenvalue weighted by Crippen LogP contribution is -2.43. The number of halogens is 2. The van der Waals surface area contributed by atoms with Crippen molar-refractivity contribution in [1.82, 2.24) is 4.90 Å². The van der Waals surface area contributed by atoms with Crippen molar-refractivity contribution in [2.75, 3.05) is 18.5 Å². The summed E-state index contributed by atoms with van der Waals surface area (Å²) in [7, 11) is 0. The predicted octanol–water partition coefficient (Wildman–Crippen LogP) is 4.64. The van der Waals surface area contributed by atoms with Gasteiger partial charge in [-0.15, -0.1) is 0 Å². The Hall–Kier alpha value is -2.24.